The van der Waals surface area contributed by atoms with Crippen molar-refractivity contribution in [2.24, 2.45) is 7.05 Å². The molecule has 1 aliphatic heterocycles. The lowest BCUT2D eigenvalue weighted by molar-refractivity contribution is -0.135. The smallest absolute Gasteiger partial charge is 0.260 e. The Bertz CT molecular complexity index is 1070. The molecule has 2 amide bonds. The van der Waals surface area contributed by atoms with E-state index in [1.54, 1.807) is 47.1 Å². The maximum atomic E-state index is 14.0. The number of aryl methyl sites for hydroxylation is 1. The van der Waals surface area contributed by atoms with Crippen LogP contribution in [-0.4, -0.2) is 39.6 Å². The molecule has 0 radical (unpaired) electrons. The normalized spacial score (nSPS) is 15.4. The lowest BCUT2D eigenvalue weighted by atomic mass is 9.95. The molecule has 0 saturated heterocycles. The fraction of sp³-hybridized carbons (Fsp3) is 0.227. The van der Waals surface area contributed by atoms with Crippen LogP contribution >= 0.6 is 0 Å². The lowest BCUT2D eigenvalue weighted by Gasteiger charge is -2.31. The number of para-hydroxylation sites is 2. The van der Waals surface area contributed by atoms with Gasteiger partial charge in [-0.15, -0.1) is 0 Å². The molecule has 30 heavy (non-hydrogen) atoms. The van der Waals surface area contributed by atoms with E-state index < -0.39 is 17.6 Å². The molecule has 7 nitrogen and oxygen atoms in total. The van der Waals surface area contributed by atoms with Crippen LogP contribution in [0.3, 0.4) is 0 Å². The van der Waals surface area contributed by atoms with Crippen molar-refractivity contribution in [2.75, 3.05) is 18.5 Å². The van der Waals surface area contributed by atoms with Gasteiger partial charge in [0.05, 0.1) is 11.4 Å². The number of carbonyl (C=O) groups excluding carboxylic acids is 2. The SMILES string of the molecule is Cn1cc2c(n1)[C@@H](C(=O)Nc1ccccc1F)CN(C(=O)COc1ccccc1)C2. The first-order valence-corrected chi connectivity index (χ1v) is 9.54. The second-order valence-electron chi connectivity index (χ2n) is 7.11. The third-order valence-electron chi connectivity index (χ3n) is 4.94. The van der Waals surface area contributed by atoms with Gasteiger partial charge in [-0.2, -0.15) is 5.10 Å². The van der Waals surface area contributed by atoms with Crippen LogP contribution < -0.4 is 10.1 Å². The first-order valence-electron chi connectivity index (χ1n) is 9.54. The summed E-state index contributed by atoms with van der Waals surface area (Å²) in [6.07, 6.45) is 1.79. The fourth-order valence-corrected chi connectivity index (χ4v) is 3.48. The second-order valence-corrected chi connectivity index (χ2v) is 7.11. The number of benzene rings is 2. The summed E-state index contributed by atoms with van der Waals surface area (Å²) in [4.78, 5) is 27.3. The molecule has 2 aromatic carbocycles. The molecular weight excluding hydrogens is 387 g/mol. The monoisotopic (exact) mass is 408 g/mol. The van der Waals surface area contributed by atoms with Crippen molar-refractivity contribution >= 4 is 17.5 Å². The van der Waals surface area contributed by atoms with Crippen molar-refractivity contribution < 1.29 is 18.7 Å². The molecule has 2 heterocycles. The Morgan fingerprint density at radius 2 is 1.90 bits per heavy atom. The molecule has 0 spiro atoms. The highest BCUT2D eigenvalue weighted by Crippen LogP contribution is 2.29. The third-order valence-corrected chi connectivity index (χ3v) is 4.94. The second kappa shape index (κ2) is 8.36. The zero-order chi connectivity index (χ0) is 21.1. The molecule has 3 aromatic rings. The topological polar surface area (TPSA) is 76.5 Å². The van der Waals surface area contributed by atoms with Crippen molar-refractivity contribution in [3.05, 3.63) is 77.9 Å². The van der Waals surface area contributed by atoms with E-state index >= 15 is 0 Å². The number of rotatable bonds is 5. The molecule has 0 bridgehead atoms. The summed E-state index contributed by atoms with van der Waals surface area (Å²) in [7, 11) is 1.76. The maximum Gasteiger partial charge on any atom is 0.260 e. The summed E-state index contributed by atoms with van der Waals surface area (Å²) in [5.74, 6) is -1.29. The molecule has 1 aliphatic rings. The molecule has 0 fully saturated rings. The Labute approximate surface area is 173 Å². The Hall–Kier alpha value is -3.68. The maximum absolute atomic E-state index is 14.0. The number of nitrogens with one attached hydrogen (secondary N) is 1. The highest BCUT2D eigenvalue weighted by Gasteiger charge is 2.35. The minimum Gasteiger partial charge on any atom is -0.484 e. The molecule has 0 saturated carbocycles. The highest BCUT2D eigenvalue weighted by atomic mass is 19.1. The Morgan fingerprint density at radius 1 is 1.17 bits per heavy atom. The summed E-state index contributed by atoms with van der Waals surface area (Å²) in [6.45, 7) is 0.339. The van der Waals surface area contributed by atoms with Crippen LogP contribution in [0.5, 0.6) is 5.75 Å². The third kappa shape index (κ3) is 4.17. The summed E-state index contributed by atoms with van der Waals surface area (Å²) in [5.41, 5.74) is 1.47. The van der Waals surface area contributed by atoms with E-state index in [1.807, 2.05) is 18.2 Å². The van der Waals surface area contributed by atoms with Crippen molar-refractivity contribution in [3.8, 4) is 5.75 Å². The van der Waals surface area contributed by atoms with Crippen LogP contribution in [0.2, 0.25) is 0 Å². The molecule has 8 heteroatoms. The zero-order valence-electron chi connectivity index (χ0n) is 16.4. The van der Waals surface area contributed by atoms with Gasteiger partial charge in [0.1, 0.15) is 17.5 Å². The van der Waals surface area contributed by atoms with Gasteiger partial charge in [-0.1, -0.05) is 30.3 Å². The van der Waals surface area contributed by atoms with E-state index in [9.17, 15) is 14.0 Å². The fourth-order valence-electron chi connectivity index (χ4n) is 3.48. The minimum atomic E-state index is -0.713. The molecule has 0 unspecified atom stereocenters. The number of nitrogens with zero attached hydrogens (tertiary/aromatic N) is 3. The van der Waals surface area contributed by atoms with Crippen LogP contribution in [0.4, 0.5) is 10.1 Å². The standard InChI is InChI=1S/C22H21FN4O3/c1-26-11-15-12-27(20(28)14-30-16-7-3-2-4-8-16)13-17(21(15)25-26)22(29)24-19-10-6-5-9-18(19)23/h2-11,17H,12-14H2,1H3,(H,24,29)/t17-/m0/s1. The van der Waals surface area contributed by atoms with Gasteiger partial charge in [-0.05, 0) is 24.3 Å². The number of amides is 2. The van der Waals surface area contributed by atoms with Gasteiger partial charge in [0, 0.05) is 31.9 Å². The number of hydrogen-bond acceptors (Lipinski definition) is 4. The van der Waals surface area contributed by atoms with Gasteiger partial charge in [0.15, 0.2) is 6.61 Å². The van der Waals surface area contributed by atoms with Crippen molar-refractivity contribution in [2.45, 2.75) is 12.5 Å². The van der Waals surface area contributed by atoms with Gasteiger partial charge >= 0.3 is 0 Å². The number of hydrogen-bond donors (Lipinski definition) is 1. The van der Waals surface area contributed by atoms with E-state index in [4.69, 9.17) is 4.74 Å². The molecule has 1 atom stereocenters. The van der Waals surface area contributed by atoms with E-state index in [0.717, 1.165) is 5.56 Å². The molecule has 1 aromatic heterocycles. The van der Waals surface area contributed by atoms with Crippen molar-refractivity contribution in [3.63, 3.8) is 0 Å². The molecule has 1 N–H and O–H groups in total. The first kappa shape index (κ1) is 19.6. The average Bonchev–Trinajstić information content (AvgIpc) is 3.13. The number of ether oxygens (including phenoxy) is 1. The van der Waals surface area contributed by atoms with Gasteiger partial charge in [-0.3, -0.25) is 14.3 Å². The Balaban J connectivity index is 1.51. The van der Waals surface area contributed by atoms with Crippen LogP contribution in [0, 0.1) is 5.82 Å². The van der Waals surface area contributed by atoms with E-state index in [2.05, 4.69) is 10.4 Å². The molecule has 4 rings (SSSR count). The number of anilines is 1. The molecular formula is C22H21FN4O3. The van der Waals surface area contributed by atoms with Crippen LogP contribution in [0.15, 0.2) is 60.8 Å². The number of aromatic nitrogens is 2. The summed E-state index contributed by atoms with van der Waals surface area (Å²) in [5, 5.41) is 7.01. The Morgan fingerprint density at radius 3 is 2.67 bits per heavy atom. The average molecular weight is 408 g/mol. The summed E-state index contributed by atoms with van der Waals surface area (Å²) < 4.78 is 21.1. The Kier molecular flexibility index (Phi) is 5.47. The van der Waals surface area contributed by atoms with Gasteiger partial charge in [0.2, 0.25) is 5.91 Å². The van der Waals surface area contributed by atoms with Crippen LogP contribution in [-0.2, 0) is 23.2 Å². The highest BCUT2D eigenvalue weighted by molar-refractivity contribution is 5.96. The van der Waals surface area contributed by atoms with Crippen molar-refractivity contribution in [1.82, 2.24) is 14.7 Å². The van der Waals surface area contributed by atoms with Crippen LogP contribution in [0.25, 0.3) is 0 Å². The quantitative estimate of drug-likeness (QED) is 0.704. The number of fused-ring (bicyclic) bond motifs is 1. The predicted molar refractivity (Wildman–Crippen MR) is 108 cm³/mol. The molecule has 0 aliphatic carbocycles. The van der Waals surface area contributed by atoms with Gasteiger partial charge in [-0.25, -0.2) is 4.39 Å². The molecule has 154 valence electrons. The first-order chi connectivity index (χ1) is 14.5. The largest absolute Gasteiger partial charge is 0.484 e. The predicted octanol–water partition coefficient (Wildman–Crippen LogP) is 2.70. The minimum absolute atomic E-state index is 0.0934. The summed E-state index contributed by atoms with van der Waals surface area (Å²) >= 11 is 0. The number of carbonyl (C=O) groups is 2. The summed E-state index contributed by atoms with van der Waals surface area (Å²) in [6, 6.07) is 15.0. The van der Waals surface area contributed by atoms with Gasteiger partial charge < -0.3 is 15.0 Å². The van der Waals surface area contributed by atoms with E-state index in [1.165, 1.54) is 12.1 Å². The van der Waals surface area contributed by atoms with E-state index in [-0.39, 0.29) is 24.7 Å². The number of halogens is 1. The van der Waals surface area contributed by atoms with Crippen LogP contribution in [0.1, 0.15) is 17.2 Å². The zero-order valence-corrected chi connectivity index (χ0v) is 16.4. The lowest BCUT2D eigenvalue weighted by Crippen LogP contribution is -2.43. The van der Waals surface area contributed by atoms with Crippen molar-refractivity contribution in [1.29, 1.82) is 0 Å². The van der Waals surface area contributed by atoms with Gasteiger partial charge in [0.25, 0.3) is 5.91 Å². The van der Waals surface area contributed by atoms with E-state index in [0.29, 0.717) is 18.0 Å².